The van der Waals surface area contributed by atoms with Crippen LogP contribution >= 0.6 is 11.8 Å². The van der Waals surface area contributed by atoms with E-state index in [9.17, 15) is 4.79 Å². The molecule has 1 heterocycles. The minimum Gasteiger partial charge on any atom is -0.465 e. The third kappa shape index (κ3) is 3.10. The maximum atomic E-state index is 11.5. The van der Waals surface area contributed by atoms with Crippen LogP contribution in [0.25, 0.3) is 0 Å². The van der Waals surface area contributed by atoms with Gasteiger partial charge in [-0.2, -0.15) is 0 Å². The number of hydrogen-bond donors (Lipinski definition) is 0. The minimum atomic E-state index is -0.309. The number of methoxy groups -OCH3 is 1. The normalized spacial score (nSPS) is 14.2. The van der Waals surface area contributed by atoms with Crippen molar-refractivity contribution in [2.24, 2.45) is 7.05 Å². The van der Waals surface area contributed by atoms with Crippen molar-refractivity contribution < 1.29 is 9.53 Å². The van der Waals surface area contributed by atoms with Gasteiger partial charge in [0.25, 0.3) is 0 Å². The fourth-order valence-electron chi connectivity index (χ4n) is 2.20. The summed E-state index contributed by atoms with van der Waals surface area (Å²) >= 11 is 1.63. The lowest BCUT2D eigenvalue weighted by atomic mass is 10.1. The lowest BCUT2D eigenvalue weighted by Gasteiger charge is -2.05. The molecule has 1 aromatic carbocycles. The summed E-state index contributed by atoms with van der Waals surface area (Å²) in [6, 6.07) is 7.48. The highest BCUT2D eigenvalue weighted by Gasteiger charge is 2.29. The third-order valence-electron chi connectivity index (χ3n) is 3.53. The van der Waals surface area contributed by atoms with Crippen LogP contribution in [0.15, 0.2) is 29.4 Å². The molecule has 0 N–H and O–H groups in total. The van der Waals surface area contributed by atoms with Crippen molar-refractivity contribution in [1.29, 1.82) is 0 Å². The zero-order valence-corrected chi connectivity index (χ0v) is 12.9. The highest BCUT2D eigenvalue weighted by atomic mass is 32.2. The maximum Gasteiger partial charge on any atom is 0.337 e. The largest absolute Gasteiger partial charge is 0.465 e. The summed E-state index contributed by atoms with van der Waals surface area (Å²) < 4.78 is 6.81. The molecule has 0 radical (unpaired) electrons. The summed E-state index contributed by atoms with van der Waals surface area (Å²) in [6.07, 6.45) is 2.44. The molecule has 1 saturated carbocycles. The van der Waals surface area contributed by atoms with Gasteiger partial charge in [-0.1, -0.05) is 23.9 Å². The highest BCUT2D eigenvalue weighted by Crippen LogP contribution is 2.39. The van der Waals surface area contributed by atoms with Gasteiger partial charge in [0.15, 0.2) is 5.16 Å². The Morgan fingerprint density at radius 3 is 2.95 bits per heavy atom. The average Bonchev–Trinajstić information content (AvgIpc) is 3.29. The second kappa shape index (κ2) is 5.89. The third-order valence-corrected chi connectivity index (χ3v) is 4.62. The fourth-order valence-corrected chi connectivity index (χ4v) is 3.06. The van der Waals surface area contributed by atoms with Gasteiger partial charge in [0, 0.05) is 18.7 Å². The van der Waals surface area contributed by atoms with Gasteiger partial charge < -0.3 is 9.30 Å². The minimum absolute atomic E-state index is 0.309. The summed E-state index contributed by atoms with van der Waals surface area (Å²) in [7, 11) is 3.41. The van der Waals surface area contributed by atoms with E-state index in [2.05, 4.69) is 14.8 Å². The topological polar surface area (TPSA) is 57.0 Å². The first-order chi connectivity index (χ1) is 10.2. The van der Waals surface area contributed by atoms with Gasteiger partial charge >= 0.3 is 5.97 Å². The molecular weight excluding hydrogens is 286 g/mol. The van der Waals surface area contributed by atoms with Crippen LogP contribution in [-0.4, -0.2) is 27.8 Å². The maximum absolute atomic E-state index is 11.5. The quantitative estimate of drug-likeness (QED) is 0.628. The van der Waals surface area contributed by atoms with Crippen molar-refractivity contribution in [1.82, 2.24) is 14.8 Å². The van der Waals surface area contributed by atoms with Crippen molar-refractivity contribution in [3.05, 3.63) is 41.2 Å². The Morgan fingerprint density at radius 2 is 2.24 bits per heavy atom. The van der Waals surface area contributed by atoms with Gasteiger partial charge in [0.05, 0.1) is 12.7 Å². The van der Waals surface area contributed by atoms with Crippen LogP contribution in [0.5, 0.6) is 0 Å². The molecule has 0 saturated heterocycles. The monoisotopic (exact) mass is 303 g/mol. The average molecular weight is 303 g/mol. The molecule has 2 aromatic rings. The molecule has 5 nitrogen and oxygen atoms in total. The number of rotatable bonds is 5. The van der Waals surface area contributed by atoms with Crippen molar-refractivity contribution in [2.75, 3.05) is 7.11 Å². The van der Waals surface area contributed by atoms with Crippen LogP contribution in [-0.2, 0) is 17.5 Å². The second-order valence-electron chi connectivity index (χ2n) is 5.15. The first-order valence-corrected chi connectivity index (χ1v) is 7.87. The zero-order valence-electron chi connectivity index (χ0n) is 12.1. The molecular formula is C15H17N3O2S. The van der Waals surface area contributed by atoms with E-state index in [1.165, 1.54) is 20.0 Å². The molecule has 1 aliphatic carbocycles. The fraction of sp³-hybridized carbons (Fsp3) is 0.400. The Labute approximate surface area is 127 Å². The van der Waals surface area contributed by atoms with Crippen molar-refractivity contribution in [3.8, 4) is 0 Å². The van der Waals surface area contributed by atoms with Crippen LogP contribution in [0.3, 0.4) is 0 Å². The molecule has 3 rings (SSSR count). The Balaban J connectivity index is 1.68. The SMILES string of the molecule is COC(=O)c1cccc(CSc2nnc(C3CC3)n2C)c1. The molecule has 1 aromatic heterocycles. The van der Waals surface area contributed by atoms with Crippen LogP contribution in [0, 0.1) is 0 Å². The molecule has 1 aliphatic rings. The van der Waals surface area contributed by atoms with Gasteiger partial charge in [-0.05, 0) is 30.5 Å². The second-order valence-corrected chi connectivity index (χ2v) is 6.10. The molecule has 0 unspecified atom stereocenters. The van der Waals surface area contributed by atoms with Crippen LogP contribution < -0.4 is 0 Å². The summed E-state index contributed by atoms with van der Waals surface area (Å²) in [5.41, 5.74) is 1.64. The van der Waals surface area contributed by atoms with Crippen molar-refractivity contribution in [3.63, 3.8) is 0 Å². The molecule has 1 fully saturated rings. The number of hydrogen-bond acceptors (Lipinski definition) is 5. The smallest absolute Gasteiger partial charge is 0.337 e. The summed E-state index contributed by atoms with van der Waals surface area (Å²) in [6.45, 7) is 0. The van der Waals surface area contributed by atoms with Crippen LogP contribution in [0.2, 0.25) is 0 Å². The van der Waals surface area contributed by atoms with E-state index in [1.807, 2.05) is 25.2 Å². The molecule has 0 amide bonds. The Morgan fingerprint density at radius 1 is 1.43 bits per heavy atom. The summed E-state index contributed by atoms with van der Waals surface area (Å²) in [5, 5.41) is 9.43. The van der Waals surface area contributed by atoms with Crippen LogP contribution in [0.1, 0.15) is 40.5 Å². The predicted molar refractivity (Wildman–Crippen MR) is 80.3 cm³/mol. The number of nitrogens with zero attached hydrogens (tertiary/aromatic N) is 3. The molecule has 110 valence electrons. The molecule has 0 bridgehead atoms. The lowest BCUT2D eigenvalue weighted by molar-refractivity contribution is 0.0600. The van der Waals surface area contributed by atoms with Gasteiger partial charge in [-0.25, -0.2) is 4.79 Å². The molecule has 0 spiro atoms. The summed E-state index contributed by atoms with van der Waals surface area (Å²) in [5.74, 6) is 2.12. The number of carbonyl (C=O) groups is 1. The number of ether oxygens (including phenoxy) is 1. The number of esters is 1. The van der Waals surface area contributed by atoms with E-state index in [-0.39, 0.29) is 5.97 Å². The Kier molecular flexibility index (Phi) is 3.96. The van der Waals surface area contributed by atoms with Crippen molar-refractivity contribution >= 4 is 17.7 Å². The van der Waals surface area contributed by atoms with E-state index >= 15 is 0 Å². The zero-order chi connectivity index (χ0) is 14.8. The van der Waals surface area contributed by atoms with Gasteiger partial charge in [0.2, 0.25) is 0 Å². The molecule has 0 aliphatic heterocycles. The Bertz CT molecular complexity index is 665. The first-order valence-electron chi connectivity index (χ1n) is 6.88. The van der Waals surface area contributed by atoms with Crippen molar-refractivity contribution in [2.45, 2.75) is 29.7 Å². The summed E-state index contributed by atoms with van der Waals surface area (Å²) in [4.78, 5) is 11.5. The Hall–Kier alpha value is -1.82. The van der Waals surface area contributed by atoms with E-state index in [4.69, 9.17) is 4.74 Å². The number of thioether (sulfide) groups is 1. The van der Waals surface area contributed by atoms with Crippen LogP contribution in [0.4, 0.5) is 0 Å². The molecule has 0 atom stereocenters. The lowest BCUT2D eigenvalue weighted by Crippen LogP contribution is -2.01. The first kappa shape index (κ1) is 14.1. The van der Waals surface area contributed by atoms with E-state index in [0.717, 1.165) is 22.3 Å². The van der Waals surface area contributed by atoms with Gasteiger partial charge in [-0.15, -0.1) is 10.2 Å². The number of benzene rings is 1. The number of carbonyl (C=O) groups excluding carboxylic acids is 1. The highest BCUT2D eigenvalue weighted by molar-refractivity contribution is 7.98. The van der Waals surface area contributed by atoms with E-state index in [0.29, 0.717) is 11.5 Å². The standard InChI is InChI=1S/C15H17N3O2S/c1-18-13(11-6-7-11)16-17-15(18)21-9-10-4-3-5-12(8-10)14(19)20-2/h3-5,8,11H,6-7,9H2,1-2H3. The van der Waals surface area contributed by atoms with Gasteiger partial charge in [0.1, 0.15) is 5.82 Å². The van der Waals surface area contributed by atoms with Gasteiger partial charge in [-0.3, -0.25) is 0 Å². The van der Waals surface area contributed by atoms with E-state index < -0.39 is 0 Å². The van der Waals surface area contributed by atoms with E-state index in [1.54, 1.807) is 17.8 Å². The predicted octanol–water partition coefficient (Wildman–Crippen LogP) is 2.77. The number of aromatic nitrogens is 3. The molecule has 21 heavy (non-hydrogen) atoms. The molecule has 6 heteroatoms.